The van der Waals surface area contributed by atoms with Crippen LogP contribution in [-0.4, -0.2) is 62.4 Å². The van der Waals surface area contributed by atoms with Crippen molar-refractivity contribution in [3.8, 4) is 0 Å². The zero-order chi connectivity index (χ0) is 14.6. The highest BCUT2D eigenvalue weighted by Crippen LogP contribution is 2.12. The minimum absolute atomic E-state index is 0.0952. The van der Waals surface area contributed by atoms with Gasteiger partial charge < -0.3 is 15.3 Å². The molecule has 0 spiro atoms. The highest BCUT2D eigenvalue weighted by Gasteiger charge is 2.35. The molecule has 0 rings (SSSR count). The SMILES string of the molecule is CNS(=O)(=O)CCNC(=O)N(C)C(C)(C)C(=O)O. The standard InChI is InChI=1S/C9H19N3O5S/c1-9(2,7(13)14)12(4)8(15)11-5-6-18(16,17)10-3/h10H,5-6H2,1-4H3,(H,11,15)(H,13,14). The van der Waals surface area contributed by atoms with E-state index >= 15 is 0 Å². The highest BCUT2D eigenvalue weighted by atomic mass is 32.2. The first-order chi connectivity index (χ1) is 8.04. The summed E-state index contributed by atoms with van der Waals surface area (Å²) in [5.41, 5.74) is -1.37. The summed E-state index contributed by atoms with van der Waals surface area (Å²) in [5.74, 6) is -1.42. The van der Waals surface area contributed by atoms with Gasteiger partial charge in [0.05, 0.1) is 5.75 Å². The molecule has 0 aliphatic carbocycles. The number of aliphatic carboxylic acids is 1. The van der Waals surface area contributed by atoms with Crippen molar-refractivity contribution >= 4 is 22.0 Å². The van der Waals surface area contributed by atoms with Gasteiger partial charge in [-0.25, -0.2) is 22.7 Å². The van der Waals surface area contributed by atoms with Crippen LogP contribution in [0, 0.1) is 0 Å². The number of hydrogen-bond acceptors (Lipinski definition) is 4. The molecule has 8 nitrogen and oxygen atoms in total. The molecule has 0 radical (unpaired) electrons. The van der Waals surface area contributed by atoms with E-state index < -0.39 is 27.6 Å². The lowest BCUT2D eigenvalue weighted by molar-refractivity contribution is -0.146. The summed E-state index contributed by atoms with van der Waals surface area (Å²) in [5, 5.41) is 11.3. The van der Waals surface area contributed by atoms with Gasteiger partial charge in [-0.15, -0.1) is 0 Å². The minimum Gasteiger partial charge on any atom is -0.480 e. The van der Waals surface area contributed by atoms with Crippen molar-refractivity contribution in [3.05, 3.63) is 0 Å². The summed E-state index contributed by atoms with van der Waals surface area (Å²) < 4.78 is 24.3. The number of carboxylic acids is 1. The van der Waals surface area contributed by atoms with Crippen LogP contribution in [0.15, 0.2) is 0 Å². The molecule has 0 aliphatic heterocycles. The number of amides is 2. The zero-order valence-corrected chi connectivity index (χ0v) is 11.7. The van der Waals surface area contributed by atoms with Crippen LogP contribution < -0.4 is 10.0 Å². The molecule has 0 atom stereocenters. The van der Waals surface area contributed by atoms with Gasteiger partial charge in [-0.2, -0.15) is 0 Å². The van der Waals surface area contributed by atoms with E-state index in [1.807, 2.05) is 0 Å². The number of likely N-dealkylation sites (N-methyl/N-ethyl adjacent to an activating group) is 1. The summed E-state index contributed by atoms with van der Waals surface area (Å²) in [6.07, 6.45) is 0. The maximum absolute atomic E-state index is 11.6. The lowest BCUT2D eigenvalue weighted by atomic mass is 10.1. The van der Waals surface area contributed by atoms with Gasteiger partial charge in [-0.1, -0.05) is 0 Å². The number of nitrogens with one attached hydrogen (secondary N) is 2. The van der Waals surface area contributed by atoms with Crippen LogP contribution in [0.2, 0.25) is 0 Å². The molecule has 0 aliphatic rings. The van der Waals surface area contributed by atoms with Gasteiger partial charge in [-0.3, -0.25) is 0 Å². The number of urea groups is 1. The van der Waals surface area contributed by atoms with E-state index in [0.29, 0.717) is 0 Å². The van der Waals surface area contributed by atoms with Crippen molar-refractivity contribution in [2.45, 2.75) is 19.4 Å². The monoisotopic (exact) mass is 281 g/mol. The molecule has 106 valence electrons. The molecule has 0 aromatic rings. The Labute approximate surface area is 106 Å². The fourth-order valence-electron chi connectivity index (χ4n) is 0.910. The molecular formula is C9H19N3O5S. The number of sulfonamides is 1. The second kappa shape index (κ2) is 6.01. The lowest BCUT2D eigenvalue weighted by Gasteiger charge is -2.31. The molecule has 0 saturated heterocycles. The predicted octanol–water partition coefficient (Wildman–Crippen LogP) is -0.960. The molecule has 0 unspecified atom stereocenters. The molecule has 0 fully saturated rings. The minimum atomic E-state index is -3.39. The van der Waals surface area contributed by atoms with E-state index in [4.69, 9.17) is 5.11 Å². The van der Waals surface area contributed by atoms with Crippen LogP contribution in [0.3, 0.4) is 0 Å². The largest absolute Gasteiger partial charge is 0.480 e. The summed E-state index contributed by atoms with van der Waals surface area (Å²) in [6, 6.07) is -0.645. The Morgan fingerprint density at radius 3 is 2.22 bits per heavy atom. The van der Waals surface area contributed by atoms with Gasteiger partial charge >= 0.3 is 12.0 Å². The first-order valence-electron chi connectivity index (χ1n) is 5.21. The Hall–Kier alpha value is -1.35. The van der Waals surface area contributed by atoms with Crippen molar-refractivity contribution in [2.24, 2.45) is 0 Å². The maximum atomic E-state index is 11.6. The molecule has 18 heavy (non-hydrogen) atoms. The molecule has 9 heteroatoms. The van der Waals surface area contributed by atoms with E-state index in [0.717, 1.165) is 4.90 Å². The number of carboxylic acid groups (broad SMARTS) is 1. The summed E-state index contributed by atoms with van der Waals surface area (Å²) in [7, 11) is -0.788. The third-order valence-corrected chi connectivity index (χ3v) is 3.99. The normalized spacial score (nSPS) is 12.0. The molecule has 0 heterocycles. The number of carbonyl (C=O) groups excluding carboxylic acids is 1. The van der Waals surface area contributed by atoms with Crippen LogP contribution in [-0.2, 0) is 14.8 Å². The van der Waals surface area contributed by atoms with E-state index in [1.54, 1.807) is 0 Å². The van der Waals surface area contributed by atoms with Crippen LogP contribution >= 0.6 is 0 Å². The number of nitrogens with zero attached hydrogens (tertiary/aromatic N) is 1. The van der Waals surface area contributed by atoms with Gasteiger partial charge in [0.25, 0.3) is 0 Å². The second-order valence-corrected chi connectivity index (χ2v) is 6.22. The smallest absolute Gasteiger partial charge is 0.329 e. The van der Waals surface area contributed by atoms with E-state index in [1.165, 1.54) is 27.9 Å². The molecule has 0 aromatic carbocycles. The fourth-order valence-corrected chi connectivity index (χ4v) is 1.49. The van der Waals surface area contributed by atoms with Gasteiger partial charge in [0.2, 0.25) is 10.0 Å². The van der Waals surface area contributed by atoms with Crippen molar-refractivity contribution in [1.82, 2.24) is 14.9 Å². The number of carbonyl (C=O) groups is 2. The van der Waals surface area contributed by atoms with Gasteiger partial charge in [0, 0.05) is 13.6 Å². The molecule has 3 N–H and O–H groups in total. The summed E-state index contributed by atoms with van der Waals surface area (Å²) >= 11 is 0. The van der Waals surface area contributed by atoms with Crippen molar-refractivity contribution in [1.29, 1.82) is 0 Å². The highest BCUT2D eigenvalue weighted by molar-refractivity contribution is 7.89. The first kappa shape index (κ1) is 16.6. The topological polar surface area (TPSA) is 116 Å². The van der Waals surface area contributed by atoms with Crippen LogP contribution in [0.1, 0.15) is 13.8 Å². The summed E-state index contributed by atoms with van der Waals surface area (Å²) in [6.45, 7) is 2.65. The molecule has 0 bridgehead atoms. The van der Waals surface area contributed by atoms with Gasteiger partial charge in [0.15, 0.2) is 0 Å². The summed E-state index contributed by atoms with van der Waals surface area (Å²) in [4.78, 5) is 23.5. The predicted molar refractivity (Wildman–Crippen MR) is 65.7 cm³/mol. The second-order valence-electron chi connectivity index (χ2n) is 4.18. The van der Waals surface area contributed by atoms with Gasteiger partial charge in [0.1, 0.15) is 5.54 Å². The Balaban J connectivity index is 4.40. The van der Waals surface area contributed by atoms with Crippen LogP contribution in [0.4, 0.5) is 4.79 Å². The molecule has 2 amide bonds. The Morgan fingerprint density at radius 1 is 1.33 bits per heavy atom. The third kappa shape index (κ3) is 4.49. The molecular weight excluding hydrogens is 262 g/mol. The Bertz CT molecular complexity index is 418. The van der Waals surface area contributed by atoms with Crippen molar-refractivity contribution in [2.75, 3.05) is 26.4 Å². The average molecular weight is 281 g/mol. The fraction of sp³-hybridized carbons (Fsp3) is 0.778. The lowest BCUT2D eigenvalue weighted by Crippen LogP contribution is -2.54. The van der Waals surface area contributed by atoms with Gasteiger partial charge in [-0.05, 0) is 20.9 Å². The Kier molecular flexibility index (Phi) is 5.55. The van der Waals surface area contributed by atoms with Crippen LogP contribution in [0.5, 0.6) is 0 Å². The van der Waals surface area contributed by atoms with Crippen molar-refractivity contribution in [3.63, 3.8) is 0 Å². The van der Waals surface area contributed by atoms with E-state index in [2.05, 4.69) is 10.0 Å². The average Bonchev–Trinajstić information content (AvgIpc) is 2.27. The molecule has 0 saturated carbocycles. The van der Waals surface area contributed by atoms with E-state index in [9.17, 15) is 18.0 Å². The third-order valence-electron chi connectivity index (χ3n) is 2.62. The number of hydrogen-bond donors (Lipinski definition) is 3. The van der Waals surface area contributed by atoms with E-state index in [-0.39, 0.29) is 12.3 Å². The van der Waals surface area contributed by atoms with Crippen molar-refractivity contribution < 1.29 is 23.1 Å². The Morgan fingerprint density at radius 2 is 1.83 bits per heavy atom. The molecule has 0 aromatic heterocycles. The first-order valence-corrected chi connectivity index (χ1v) is 6.86. The zero-order valence-electron chi connectivity index (χ0n) is 10.8. The maximum Gasteiger partial charge on any atom is 0.329 e. The quantitative estimate of drug-likeness (QED) is 0.580. The van der Waals surface area contributed by atoms with Crippen LogP contribution in [0.25, 0.3) is 0 Å². The number of rotatable bonds is 6.